The molecule has 11 heteroatoms. The first-order valence-corrected chi connectivity index (χ1v) is 10.8. The number of halogens is 2. The van der Waals surface area contributed by atoms with Crippen molar-refractivity contribution in [1.29, 1.82) is 0 Å². The Labute approximate surface area is 194 Å². The molecule has 1 aliphatic rings. The van der Waals surface area contributed by atoms with Gasteiger partial charge in [-0.05, 0) is 44.5 Å². The number of rotatable bonds is 8. The smallest absolute Gasteiger partial charge is 0.274 e. The van der Waals surface area contributed by atoms with Crippen LogP contribution in [0.1, 0.15) is 42.9 Å². The van der Waals surface area contributed by atoms with Crippen LogP contribution in [0, 0.1) is 20.2 Å². The molecule has 2 unspecified atom stereocenters. The minimum Gasteiger partial charge on any atom is -0.347 e. The standard InChI is InChI=1S/C21H22Cl2N4O5/c1-13(16-10-17(22)18(23)11-20(16)27(31)32)21(28)24-19(12-25-7-2-3-8-25)14-5-4-6-15(9-14)26(29)30/h4-6,9-11,13,19H,2-3,7-8,12H2,1H3,(H,24,28). The number of benzene rings is 2. The zero-order valence-electron chi connectivity index (χ0n) is 17.3. The SMILES string of the molecule is CC(C(=O)NC(CN1CCCC1)c1cccc([N+](=O)[O-])c1)c1cc(Cl)c(Cl)cc1[N+](=O)[O-]. The highest BCUT2D eigenvalue weighted by molar-refractivity contribution is 6.42. The molecule has 32 heavy (non-hydrogen) atoms. The van der Waals surface area contributed by atoms with E-state index in [1.54, 1.807) is 19.1 Å². The topological polar surface area (TPSA) is 119 Å². The van der Waals surface area contributed by atoms with E-state index in [2.05, 4.69) is 10.2 Å². The lowest BCUT2D eigenvalue weighted by Crippen LogP contribution is -2.38. The van der Waals surface area contributed by atoms with Crippen LogP contribution >= 0.6 is 23.2 Å². The normalized spacial score (nSPS) is 15.8. The molecular formula is C21H22Cl2N4O5. The molecule has 1 fully saturated rings. The Hall–Kier alpha value is -2.75. The third-order valence-corrected chi connectivity index (χ3v) is 6.29. The first-order chi connectivity index (χ1) is 15.2. The highest BCUT2D eigenvalue weighted by atomic mass is 35.5. The molecule has 170 valence electrons. The van der Waals surface area contributed by atoms with E-state index in [-0.39, 0.29) is 27.0 Å². The molecule has 0 aliphatic carbocycles. The van der Waals surface area contributed by atoms with Crippen molar-refractivity contribution in [3.8, 4) is 0 Å². The van der Waals surface area contributed by atoms with Gasteiger partial charge < -0.3 is 10.2 Å². The van der Waals surface area contributed by atoms with Gasteiger partial charge in [0.15, 0.2) is 0 Å². The Kier molecular flexibility index (Phi) is 7.65. The second-order valence-corrected chi connectivity index (χ2v) is 8.54. The number of nitrogens with zero attached hydrogens (tertiary/aromatic N) is 3. The lowest BCUT2D eigenvalue weighted by atomic mass is 9.97. The molecule has 1 N–H and O–H groups in total. The van der Waals surface area contributed by atoms with Gasteiger partial charge in [-0.3, -0.25) is 25.0 Å². The van der Waals surface area contributed by atoms with Crippen molar-refractivity contribution < 1.29 is 14.6 Å². The van der Waals surface area contributed by atoms with E-state index in [0.717, 1.165) is 32.0 Å². The number of hydrogen-bond acceptors (Lipinski definition) is 6. The molecule has 1 heterocycles. The first kappa shape index (κ1) is 23.9. The second kappa shape index (κ2) is 10.2. The molecule has 2 atom stereocenters. The number of non-ortho nitro benzene ring substituents is 1. The van der Waals surface area contributed by atoms with Gasteiger partial charge >= 0.3 is 0 Å². The van der Waals surface area contributed by atoms with Gasteiger partial charge in [-0.2, -0.15) is 0 Å². The van der Waals surface area contributed by atoms with Gasteiger partial charge in [-0.1, -0.05) is 35.3 Å². The molecule has 3 rings (SSSR count). The molecule has 9 nitrogen and oxygen atoms in total. The highest BCUT2D eigenvalue weighted by Gasteiger charge is 2.29. The van der Waals surface area contributed by atoms with Crippen LogP contribution in [0.3, 0.4) is 0 Å². The lowest BCUT2D eigenvalue weighted by Gasteiger charge is -2.26. The molecular weight excluding hydrogens is 459 g/mol. The number of amides is 1. The molecule has 2 aromatic rings. The van der Waals surface area contributed by atoms with Crippen molar-refractivity contribution in [3.63, 3.8) is 0 Å². The van der Waals surface area contributed by atoms with E-state index in [1.807, 2.05) is 0 Å². The Morgan fingerprint density at radius 2 is 1.75 bits per heavy atom. The number of nitro groups is 2. The van der Waals surface area contributed by atoms with Gasteiger partial charge in [0.1, 0.15) is 0 Å². The summed E-state index contributed by atoms with van der Waals surface area (Å²) in [6.45, 7) is 3.76. The van der Waals surface area contributed by atoms with E-state index in [9.17, 15) is 25.0 Å². The van der Waals surface area contributed by atoms with Crippen molar-refractivity contribution in [2.75, 3.05) is 19.6 Å². The molecule has 0 spiro atoms. The van der Waals surface area contributed by atoms with E-state index >= 15 is 0 Å². The number of nitro benzene ring substituents is 2. The van der Waals surface area contributed by atoms with Crippen molar-refractivity contribution >= 4 is 40.5 Å². The van der Waals surface area contributed by atoms with Crippen LogP contribution in [-0.2, 0) is 4.79 Å². The maximum Gasteiger partial charge on any atom is 0.274 e. The number of carbonyl (C=O) groups is 1. The average Bonchev–Trinajstić information content (AvgIpc) is 3.27. The lowest BCUT2D eigenvalue weighted by molar-refractivity contribution is -0.385. The van der Waals surface area contributed by atoms with E-state index in [1.165, 1.54) is 18.2 Å². The van der Waals surface area contributed by atoms with Gasteiger partial charge in [-0.25, -0.2) is 0 Å². The maximum atomic E-state index is 13.1. The quantitative estimate of drug-likeness (QED) is 0.425. The third-order valence-electron chi connectivity index (χ3n) is 5.57. The summed E-state index contributed by atoms with van der Waals surface area (Å²) < 4.78 is 0. The van der Waals surface area contributed by atoms with Gasteiger partial charge in [-0.15, -0.1) is 0 Å². The Morgan fingerprint density at radius 3 is 2.38 bits per heavy atom. The van der Waals surface area contributed by atoms with Crippen LogP contribution in [0.25, 0.3) is 0 Å². The highest BCUT2D eigenvalue weighted by Crippen LogP contribution is 2.35. The number of likely N-dealkylation sites (tertiary alicyclic amines) is 1. The second-order valence-electron chi connectivity index (χ2n) is 7.72. The van der Waals surface area contributed by atoms with Crippen LogP contribution in [0.2, 0.25) is 10.0 Å². The number of nitrogens with one attached hydrogen (secondary N) is 1. The van der Waals surface area contributed by atoms with Gasteiger partial charge in [0.2, 0.25) is 5.91 Å². The monoisotopic (exact) mass is 480 g/mol. The zero-order chi connectivity index (χ0) is 23.4. The van der Waals surface area contributed by atoms with Gasteiger partial charge in [0.05, 0.1) is 31.9 Å². The Balaban J connectivity index is 1.89. The van der Waals surface area contributed by atoms with Crippen LogP contribution in [-0.4, -0.2) is 40.3 Å². The number of hydrogen-bond donors (Lipinski definition) is 1. The molecule has 0 radical (unpaired) electrons. The summed E-state index contributed by atoms with van der Waals surface area (Å²) in [6.07, 6.45) is 2.09. The van der Waals surface area contributed by atoms with Crippen molar-refractivity contribution in [3.05, 3.63) is 77.8 Å². The van der Waals surface area contributed by atoms with Gasteiger partial charge in [0.25, 0.3) is 11.4 Å². The van der Waals surface area contributed by atoms with Crippen LogP contribution < -0.4 is 5.32 Å². The first-order valence-electron chi connectivity index (χ1n) is 10.1. The summed E-state index contributed by atoms with van der Waals surface area (Å²) >= 11 is 12.0. The Morgan fingerprint density at radius 1 is 1.09 bits per heavy atom. The molecule has 1 aliphatic heterocycles. The fraction of sp³-hybridized carbons (Fsp3) is 0.381. The van der Waals surface area contributed by atoms with E-state index in [0.29, 0.717) is 12.1 Å². The van der Waals surface area contributed by atoms with Crippen molar-refractivity contribution in [2.24, 2.45) is 0 Å². The van der Waals surface area contributed by atoms with Crippen molar-refractivity contribution in [1.82, 2.24) is 10.2 Å². The minimum absolute atomic E-state index is 0.0261. The fourth-order valence-electron chi connectivity index (χ4n) is 3.81. The molecule has 0 saturated carbocycles. The summed E-state index contributed by atoms with van der Waals surface area (Å²) in [6, 6.07) is 8.06. The van der Waals surface area contributed by atoms with E-state index in [4.69, 9.17) is 23.2 Å². The largest absolute Gasteiger partial charge is 0.347 e. The predicted molar refractivity (Wildman–Crippen MR) is 121 cm³/mol. The third kappa shape index (κ3) is 5.53. The summed E-state index contributed by atoms with van der Waals surface area (Å²) in [7, 11) is 0. The van der Waals surface area contributed by atoms with Crippen LogP contribution in [0.5, 0.6) is 0 Å². The molecule has 0 aromatic heterocycles. The summed E-state index contributed by atoms with van der Waals surface area (Å²) in [4.78, 5) is 36.9. The summed E-state index contributed by atoms with van der Waals surface area (Å²) in [5.74, 6) is -1.35. The molecule has 1 amide bonds. The number of carbonyl (C=O) groups excluding carboxylic acids is 1. The Bertz CT molecular complexity index is 1040. The summed E-state index contributed by atoms with van der Waals surface area (Å²) in [5.41, 5.74) is 0.362. The minimum atomic E-state index is -0.898. The van der Waals surface area contributed by atoms with Crippen LogP contribution in [0.4, 0.5) is 11.4 Å². The maximum absolute atomic E-state index is 13.1. The van der Waals surface area contributed by atoms with Gasteiger partial charge in [0, 0.05) is 30.3 Å². The van der Waals surface area contributed by atoms with E-state index < -0.39 is 27.7 Å². The zero-order valence-corrected chi connectivity index (χ0v) is 18.8. The fourth-order valence-corrected chi connectivity index (χ4v) is 4.14. The molecule has 2 aromatic carbocycles. The molecule has 1 saturated heterocycles. The molecule has 0 bridgehead atoms. The average molecular weight is 481 g/mol. The summed E-state index contributed by atoms with van der Waals surface area (Å²) in [5, 5.41) is 25.8. The predicted octanol–water partition coefficient (Wildman–Crippen LogP) is 4.87. The van der Waals surface area contributed by atoms with Crippen LogP contribution in [0.15, 0.2) is 36.4 Å². The van der Waals surface area contributed by atoms with Crippen molar-refractivity contribution in [2.45, 2.75) is 31.7 Å².